The second-order valence-electron chi connectivity index (χ2n) is 6.13. The summed E-state index contributed by atoms with van der Waals surface area (Å²) in [6, 6.07) is 10.8. The van der Waals surface area contributed by atoms with Crippen molar-refractivity contribution in [2.75, 3.05) is 13.1 Å². The van der Waals surface area contributed by atoms with Crippen LogP contribution in [-0.2, 0) is 4.79 Å². The molecule has 1 aromatic heterocycles. The fraction of sp³-hybridized carbons (Fsp3) is 0.316. The van der Waals surface area contributed by atoms with E-state index in [9.17, 15) is 14.7 Å². The van der Waals surface area contributed by atoms with Crippen LogP contribution < -0.4 is 0 Å². The van der Waals surface area contributed by atoms with Crippen molar-refractivity contribution in [1.82, 2.24) is 9.88 Å². The molecule has 124 valence electrons. The lowest BCUT2D eigenvalue weighted by atomic mass is 9.93. The molecule has 0 saturated carbocycles. The van der Waals surface area contributed by atoms with Crippen molar-refractivity contribution in [3.05, 3.63) is 53.9 Å². The number of carboxylic acids is 1. The summed E-state index contributed by atoms with van der Waals surface area (Å²) in [6.07, 6.45) is 3.72. The van der Waals surface area contributed by atoms with Gasteiger partial charge in [0.15, 0.2) is 0 Å². The maximum absolute atomic E-state index is 11.6. The summed E-state index contributed by atoms with van der Waals surface area (Å²) in [5.41, 5.74) is 2.68. The molecule has 2 aromatic rings. The lowest BCUT2D eigenvalue weighted by Gasteiger charge is -2.31. The third-order valence-electron chi connectivity index (χ3n) is 4.54. The molecule has 2 heterocycles. The van der Waals surface area contributed by atoms with E-state index in [1.807, 2.05) is 23.1 Å². The Hall–Kier alpha value is -2.69. The minimum Gasteiger partial charge on any atom is -0.478 e. The molecule has 3 rings (SSSR count). The van der Waals surface area contributed by atoms with Crippen LogP contribution in [0.3, 0.4) is 0 Å². The van der Waals surface area contributed by atoms with Gasteiger partial charge in [0.25, 0.3) is 0 Å². The van der Waals surface area contributed by atoms with E-state index in [0.717, 1.165) is 30.6 Å². The second-order valence-corrected chi connectivity index (χ2v) is 6.13. The topological polar surface area (TPSA) is 70.5 Å². The molecule has 0 bridgehead atoms. The Morgan fingerprint density at radius 3 is 2.67 bits per heavy atom. The van der Waals surface area contributed by atoms with Gasteiger partial charge in [0, 0.05) is 43.4 Å². The Kier molecular flexibility index (Phi) is 4.60. The molecule has 0 aliphatic carbocycles. The van der Waals surface area contributed by atoms with Gasteiger partial charge in [-0.25, -0.2) is 4.79 Å². The molecule has 1 N–H and O–H groups in total. The van der Waals surface area contributed by atoms with E-state index < -0.39 is 5.97 Å². The van der Waals surface area contributed by atoms with Gasteiger partial charge in [-0.15, -0.1) is 0 Å². The summed E-state index contributed by atoms with van der Waals surface area (Å²) < 4.78 is 0. The maximum Gasteiger partial charge on any atom is 0.336 e. The van der Waals surface area contributed by atoms with Crippen LogP contribution in [0, 0.1) is 0 Å². The van der Waals surface area contributed by atoms with Crippen LogP contribution in [0.5, 0.6) is 0 Å². The molecule has 1 aliphatic rings. The number of likely N-dealkylation sites (tertiary alicyclic amines) is 1. The summed E-state index contributed by atoms with van der Waals surface area (Å²) in [5.74, 6) is -0.600. The molecule has 1 atom stereocenters. The molecule has 5 heteroatoms. The largest absolute Gasteiger partial charge is 0.478 e. The quantitative estimate of drug-likeness (QED) is 0.941. The highest BCUT2D eigenvalue weighted by Crippen LogP contribution is 2.28. The Morgan fingerprint density at radius 2 is 2.00 bits per heavy atom. The van der Waals surface area contributed by atoms with Gasteiger partial charge in [-0.05, 0) is 30.5 Å². The Morgan fingerprint density at radius 1 is 1.21 bits per heavy atom. The molecule has 1 saturated heterocycles. The summed E-state index contributed by atoms with van der Waals surface area (Å²) in [7, 11) is 0. The average Bonchev–Trinajstić information content (AvgIpc) is 2.62. The van der Waals surface area contributed by atoms with Crippen LogP contribution in [-0.4, -0.2) is 40.0 Å². The van der Waals surface area contributed by atoms with Crippen LogP contribution in [0.2, 0.25) is 0 Å². The first kappa shape index (κ1) is 16.2. The van der Waals surface area contributed by atoms with Crippen molar-refractivity contribution >= 4 is 11.9 Å². The maximum atomic E-state index is 11.6. The van der Waals surface area contributed by atoms with Gasteiger partial charge in [0.1, 0.15) is 0 Å². The van der Waals surface area contributed by atoms with Crippen molar-refractivity contribution < 1.29 is 14.7 Å². The van der Waals surface area contributed by atoms with Crippen LogP contribution in [0.25, 0.3) is 11.1 Å². The molecule has 1 amide bonds. The van der Waals surface area contributed by atoms with Crippen molar-refractivity contribution in [3.8, 4) is 11.1 Å². The Bertz CT molecular complexity index is 755. The van der Waals surface area contributed by atoms with Gasteiger partial charge in [-0.3, -0.25) is 9.78 Å². The van der Waals surface area contributed by atoms with Crippen molar-refractivity contribution in [3.63, 3.8) is 0 Å². The predicted molar refractivity (Wildman–Crippen MR) is 90.9 cm³/mol. The van der Waals surface area contributed by atoms with Gasteiger partial charge in [0.2, 0.25) is 5.91 Å². The first-order valence-electron chi connectivity index (χ1n) is 8.10. The van der Waals surface area contributed by atoms with E-state index in [1.165, 1.54) is 0 Å². The van der Waals surface area contributed by atoms with E-state index in [1.54, 1.807) is 31.3 Å². The van der Waals surface area contributed by atoms with Crippen LogP contribution >= 0.6 is 0 Å². The van der Waals surface area contributed by atoms with E-state index >= 15 is 0 Å². The number of carbonyl (C=O) groups is 2. The monoisotopic (exact) mass is 324 g/mol. The SMILES string of the molecule is CC(=O)N1CCCC(c2ccc(-c3ccccc3C(=O)O)cn2)C1. The summed E-state index contributed by atoms with van der Waals surface area (Å²) in [4.78, 5) is 29.3. The standard InChI is InChI=1S/C19H20N2O3/c1-13(22)21-10-4-5-15(12-21)18-9-8-14(11-20-18)16-6-2-3-7-17(16)19(23)24/h2-3,6-9,11,15H,4-5,10,12H2,1H3,(H,23,24). The summed E-state index contributed by atoms with van der Waals surface area (Å²) in [5, 5.41) is 9.31. The lowest BCUT2D eigenvalue weighted by molar-refractivity contribution is -0.130. The number of benzene rings is 1. The van der Waals surface area contributed by atoms with E-state index in [0.29, 0.717) is 12.1 Å². The van der Waals surface area contributed by atoms with Gasteiger partial charge >= 0.3 is 5.97 Å². The van der Waals surface area contributed by atoms with Crippen LogP contribution in [0.15, 0.2) is 42.6 Å². The van der Waals surface area contributed by atoms with Crippen LogP contribution in [0.4, 0.5) is 0 Å². The van der Waals surface area contributed by atoms with Gasteiger partial charge in [-0.2, -0.15) is 0 Å². The van der Waals surface area contributed by atoms with Gasteiger partial charge in [0.05, 0.1) is 5.56 Å². The zero-order chi connectivity index (χ0) is 17.1. The summed E-state index contributed by atoms with van der Waals surface area (Å²) >= 11 is 0. The molecule has 0 spiro atoms. The molecule has 1 aromatic carbocycles. The normalized spacial score (nSPS) is 17.5. The van der Waals surface area contributed by atoms with Crippen molar-refractivity contribution in [2.45, 2.75) is 25.7 Å². The Balaban J connectivity index is 1.84. The number of rotatable bonds is 3. The number of aromatic nitrogens is 1. The number of nitrogens with zero attached hydrogens (tertiary/aromatic N) is 2. The zero-order valence-corrected chi connectivity index (χ0v) is 13.6. The number of piperidine rings is 1. The highest BCUT2D eigenvalue weighted by atomic mass is 16.4. The number of hydrogen-bond donors (Lipinski definition) is 1. The van der Waals surface area contributed by atoms with Gasteiger partial charge < -0.3 is 10.0 Å². The minimum absolute atomic E-state index is 0.103. The first-order chi connectivity index (χ1) is 11.6. The highest BCUT2D eigenvalue weighted by Gasteiger charge is 2.23. The zero-order valence-electron chi connectivity index (χ0n) is 13.6. The second kappa shape index (κ2) is 6.83. The van der Waals surface area contributed by atoms with Crippen LogP contribution in [0.1, 0.15) is 41.7 Å². The van der Waals surface area contributed by atoms with Crippen molar-refractivity contribution in [2.24, 2.45) is 0 Å². The number of aromatic carboxylic acids is 1. The molecular weight excluding hydrogens is 304 g/mol. The average molecular weight is 324 g/mol. The third-order valence-corrected chi connectivity index (χ3v) is 4.54. The fourth-order valence-corrected chi connectivity index (χ4v) is 3.23. The predicted octanol–water partition coefficient (Wildman–Crippen LogP) is 3.17. The smallest absolute Gasteiger partial charge is 0.336 e. The highest BCUT2D eigenvalue weighted by molar-refractivity contribution is 5.95. The molecule has 1 fully saturated rings. The van der Waals surface area contributed by atoms with Crippen molar-refractivity contribution in [1.29, 1.82) is 0 Å². The molecule has 1 aliphatic heterocycles. The van der Waals surface area contributed by atoms with E-state index in [-0.39, 0.29) is 17.4 Å². The molecule has 0 radical (unpaired) electrons. The van der Waals surface area contributed by atoms with E-state index in [4.69, 9.17) is 0 Å². The molecule has 5 nitrogen and oxygen atoms in total. The number of carboxylic acid groups (broad SMARTS) is 1. The van der Waals surface area contributed by atoms with E-state index in [2.05, 4.69) is 4.98 Å². The molecule has 1 unspecified atom stereocenters. The number of pyridine rings is 1. The third kappa shape index (κ3) is 3.30. The molecule has 24 heavy (non-hydrogen) atoms. The minimum atomic E-state index is -0.945. The first-order valence-corrected chi connectivity index (χ1v) is 8.10. The summed E-state index contributed by atoms with van der Waals surface area (Å²) in [6.45, 7) is 3.12. The lowest BCUT2D eigenvalue weighted by Crippen LogP contribution is -2.37. The van der Waals surface area contributed by atoms with Gasteiger partial charge in [-0.1, -0.05) is 24.3 Å². The fourth-order valence-electron chi connectivity index (χ4n) is 3.23. The number of amides is 1. The number of carbonyl (C=O) groups excluding carboxylic acids is 1. The molecular formula is C19H20N2O3. The Labute approximate surface area is 140 Å². The number of hydrogen-bond acceptors (Lipinski definition) is 3.